The molecule has 0 spiro atoms. The maximum absolute atomic E-state index is 12.1. The predicted octanol–water partition coefficient (Wildman–Crippen LogP) is 3.22. The molecule has 1 saturated carbocycles. The van der Waals surface area contributed by atoms with Crippen LogP contribution in [0.3, 0.4) is 0 Å². The minimum absolute atomic E-state index is 0.185. The number of benzene rings is 1. The average Bonchev–Trinajstić information content (AvgIpc) is 3.41. The number of carbonyl (C=O) groups is 1. The molecule has 0 saturated heterocycles. The molecule has 1 amide bonds. The summed E-state index contributed by atoms with van der Waals surface area (Å²) in [5.41, 5.74) is 3.63. The molecule has 1 N–H and O–H groups in total. The number of aromatic nitrogens is 3. The first-order valence-corrected chi connectivity index (χ1v) is 8.90. The highest BCUT2D eigenvalue weighted by atomic mass is 16.5. The van der Waals surface area contributed by atoms with Crippen LogP contribution in [0.5, 0.6) is 5.88 Å². The maximum atomic E-state index is 12.1. The molecule has 1 aliphatic rings. The zero-order valence-electron chi connectivity index (χ0n) is 15.2. The first kappa shape index (κ1) is 17.2. The molecule has 1 fully saturated rings. The molecule has 7 heteroatoms. The summed E-state index contributed by atoms with van der Waals surface area (Å²) < 4.78 is 11.1. The Morgan fingerprint density at radius 1 is 1.22 bits per heavy atom. The Hall–Kier alpha value is -3.22. The van der Waals surface area contributed by atoms with Crippen molar-refractivity contribution in [2.75, 3.05) is 0 Å². The van der Waals surface area contributed by atoms with Crippen molar-refractivity contribution in [2.24, 2.45) is 0 Å². The van der Waals surface area contributed by atoms with Crippen LogP contribution in [0.2, 0.25) is 0 Å². The summed E-state index contributed by atoms with van der Waals surface area (Å²) in [4.78, 5) is 12.1. The van der Waals surface area contributed by atoms with Gasteiger partial charge in [0.25, 0.3) is 5.91 Å². The van der Waals surface area contributed by atoms with E-state index in [1.165, 1.54) is 0 Å². The molecule has 1 aromatic carbocycles. The van der Waals surface area contributed by atoms with Gasteiger partial charge in [-0.15, -0.1) is 10.2 Å². The Bertz CT molecular complexity index is 965. The summed E-state index contributed by atoms with van der Waals surface area (Å²) in [5, 5.41) is 15.1. The highest BCUT2D eigenvalue weighted by Gasteiger charge is 2.25. The minimum atomic E-state index is -0.185. The standard InChI is InChI=1S/C20H20N4O3/c1-12-10-17(22-23-18(12)20(25)21-15-8-9-15)26-11-16-13(2)27-24-19(16)14-6-4-3-5-7-14/h3-7,10,15H,8-9,11H2,1-2H3,(H,21,25). The van der Waals surface area contributed by atoms with Crippen molar-refractivity contribution in [1.82, 2.24) is 20.7 Å². The zero-order chi connectivity index (χ0) is 18.8. The van der Waals surface area contributed by atoms with Crippen molar-refractivity contribution < 1.29 is 14.1 Å². The van der Waals surface area contributed by atoms with Gasteiger partial charge >= 0.3 is 0 Å². The monoisotopic (exact) mass is 364 g/mol. The number of nitrogens with zero attached hydrogens (tertiary/aromatic N) is 3. The molecule has 0 atom stereocenters. The van der Waals surface area contributed by atoms with E-state index in [0.717, 1.165) is 35.2 Å². The van der Waals surface area contributed by atoms with Gasteiger partial charge in [-0.05, 0) is 32.3 Å². The van der Waals surface area contributed by atoms with Crippen LogP contribution in [0.1, 0.15) is 40.2 Å². The van der Waals surface area contributed by atoms with Crippen LogP contribution >= 0.6 is 0 Å². The molecule has 0 aliphatic heterocycles. The molecule has 0 unspecified atom stereocenters. The largest absolute Gasteiger partial charge is 0.471 e. The van der Waals surface area contributed by atoms with E-state index in [0.29, 0.717) is 17.3 Å². The molecule has 0 radical (unpaired) electrons. The van der Waals surface area contributed by atoms with Crippen LogP contribution in [0.25, 0.3) is 11.3 Å². The smallest absolute Gasteiger partial charge is 0.272 e. The van der Waals surface area contributed by atoms with Crippen LogP contribution in [0.4, 0.5) is 0 Å². The van der Waals surface area contributed by atoms with Gasteiger partial charge in [0, 0.05) is 17.7 Å². The lowest BCUT2D eigenvalue weighted by molar-refractivity contribution is 0.0944. The van der Waals surface area contributed by atoms with Crippen molar-refractivity contribution in [3.05, 3.63) is 59.0 Å². The SMILES string of the molecule is Cc1cc(OCc2c(-c3ccccc3)noc2C)nnc1C(=O)NC1CC1. The van der Waals surface area contributed by atoms with E-state index in [9.17, 15) is 4.79 Å². The summed E-state index contributed by atoms with van der Waals surface area (Å²) in [6, 6.07) is 11.8. The summed E-state index contributed by atoms with van der Waals surface area (Å²) in [6.45, 7) is 3.92. The quantitative estimate of drug-likeness (QED) is 0.722. The summed E-state index contributed by atoms with van der Waals surface area (Å²) >= 11 is 0. The van der Waals surface area contributed by atoms with Crippen molar-refractivity contribution >= 4 is 5.91 Å². The maximum Gasteiger partial charge on any atom is 0.272 e. The van der Waals surface area contributed by atoms with Crippen molar-refractivity contribution in [1.29, 1.82) is 0 Å². The molecule has 4 rings (SSSR count). The molecule has 3 aromatic rings. The Labute approximate surface area is 156 Å². The van der Waals surface area contributed by atoms with Crippen molar-refractivity contribution in [3.8, 4) is 17.1 Å². The number of hydrogen-bond donors (Lipinski definition) is 1. The van der Waals surface area contributed by atoms with Gasteiger partial charge in [-0.1, -0.05) is 35.5 Å². The Morgan fingerprint density at radius 2 is 2.00 bits per heavy atom. The van der Waals surface area contributed by atoms with E-state index < -0.39 is 0 Å². The topological polar surface area (TPSA) is 90.1 Å². The van der Waals surface area contributed by atoms with Gasteiger partial charge in [0.05, 0.1) is 5.56 Å². The van der Waals surface area contributed by atoms with E-state index in [4.69, 9.17) is 9.26 Å². The summed E-state index contributed by atoms with van der Waals surface area (Å²) in [6.07, 6.45) is 2.06. The van der Waals surface area contributed by atoms with E-state index in [1.807, 2.05) is 44.2 Å². The number of nitrogens with one attached hydrogen (secondary N) is 1. The number of carbonyl (C=O) groups excluding carboxylic acids is 1. The summed E-state index contributed by atoms with van der Waals surface area (Å²) in [5.74, 6) is 0.865. The normalized spacial score (nSPS) is 13.4. The molecular weight excluding hydrogens is 344 g/mol. The van der Waals surface area contributed by atoms with E-state index >= 15 is 0 Å². The Morgan fingerprint density at radius 3 is 2.70 bits per heavy atom. The predicted molar refractivity (Wildman–Crippen MR) is 98.3 cm³/mol. The average molecular weight is 364 g/mol. The van der Waals surface area contributed by atoms with Gasteiger partial charge in [0.2, 0.25) is 5.88 Å². The second-order valence-electron chi connectivity index (χ2n) is 6.68. The first-order chi connectivity index (χ1) is 13.1. The van der Waals surface area contributed by atoms with E-state index in [1.54, 1.807) is 6.07 Å². The lowest BCUT2D eigenvalue weighted by Crippen LogP contribution is -2.27. The Kier molecular flexibility index (Phi) is 4.58. The van der Waals surface area contributed by atoms with Gasteiger partial charge in [0.1, 0.15) is 18.1 Å². The van der Waals surface area contributed by atoms with Crippen LogP contribution in [-0.2, 0) is 6.61 Å². The fourth-order valence-electron chi connectivity index (χ4n) is 2.77. The van der Waals surface area contributed by atoms with Crippen LogP contribution in [-0.4, -0.2) is 27.3 Å². The molecule has 138 valence electrons. The fourth-order valence-corrected chi connectivity index (χ4v) is 2.77. The van der Waals surface area contributed by atoms with Gasteiger partial charge in [-0.25, -0.2) is 0 Å². The van der Waals surface area contributed by atoms with E-state index in [2.05, 4.69) is 20.7 Å². The van der Waals surface area contributed by atoms with Gasteiger partial charge in [-0.2, -0.15) is 0 Å². The van der Waals surface area contributed by atoms with Crippen LogP contribution < -0.4 is 10.1 Å². The van der Waals surface area contributed by atoms with E-state index in [-0.39, 0.29) is 18.6 Å². The third kappa shape index (κ3) is 3.81. The van der Waals surface area contributed by atoms with Gasteiger partial charge < -0.3 is 14.6 Å². The fraction of sp³-hybridized carbons (Fsp3) is 0.300. The molecule has 2 heterocycles. The number of hydrogen-bond acceptors (Lipinski definition) is 6. The molecule has 2 aromatic heterocycles. The lowest BCUT2D eigenvalue weighted by atomic mass is 10.1. The van der Waals surface area contributed by atoms with Crippen molar-refractivity contribution in [3.63, 3.8) is 0 Å². The number of rotatable bonds is 6. The van der Waals surface area contributed by atoms with Crippen LogP contribution in [0.15, 0.2) is 40.9 Å². The number of amides is 1. The number of aryl methyl sites for hydroxylation is 2. The zero-order valence-corrected chi connectivity index (χ0v) is 15.2. The molecule has 1 aliphatic carbocycles. The molecule has 0 bridgehead atoms. The second kappa shape index (κ2) is 7.19. The van der Waals surface area contributed by atoms with Gasteiger partial charge in [-0.3, -0.25) is 4.79 Å². The Balaban J connectivity index is 1.48. The summed E-state index contributed by atoms with van der Waals surface area (Å²) in [7, 11) is 0. The molecular formula is C20H20N4O3. The number of ether oxygens (including phenoxy) is 1. The minimum Gasteiger partial charge on any atom is -0.471 e. The second-order valence-corrected chi connectivity index (χ2v) is 6.68. The van der Waals surface area contributed by atoms with Gasteiger partial charge in [0.15, 0.2) is 5.69 Å². The van der Waals surface area contributed by atoms with Crippen molar-refractivity contribution in [2.45, 2.75) is 39.3 Å². The molecule has 7 nitrogen and oxygen atoms in total. The highest BCUT2D eigenvalue weighted by molar-refractivity contribution is 5.93. The first-order valence-electron chi connectivity index (χ1n) is 8.90. The molecule has 27 heavy (non-hydrogen) atoms. The third-order valence-electron chi connectivity index (χ3n) is 4.49. The third-order valence-corrected chi connectivity index (χ3v) is 4.49. The lowest BCUT2D eigenvalue weighted by Gasteiger charge is -2.08. The van der Waals surface area contributed by atoms with Crippen LogP contribution in [0, 0.1) is 13.8 Å². The highest BCUT2D eigenvalue weighted by Crippen LogP contribution is 2.26.